The average molecular weight is 288 g/mol. The minimum absolute atomic E-state index is 0.0141. The van der Waals surface area contributed by atoms with E-state index in [4.69, 9.17) is 28.3 Å². The zero-order chi connectivity index (χ0) is 13.3. The van der Waals surface area contributed by atoms with Gasteiger partial charge in [0, 0.05) is 24.5 Å². The molecule has 1 heterocycles. The molecule has 1 aromatic rings. The molecule has 96 valence electrons. The lowest BCUT2D eigenvalue weighted by atomic mass is 10.1. The lowest BCUT2D eigenvalue weighted by Gasteiger charge is -2.17. The van der Waals surface area contributed by atoms with Crippen LogP contribution < -0.4 is 4.90 Å². The maximum absolute atomic E-state index is 11.8. The Balaban J connectivity index is 2.27. The molecule has 18 heavy (non-hydrogen) atoms. The Bertz CT molecular complexity index is 504. The summed E-state index contributed by atoms with van der Waals surface area (Å²) in [6, 6.07) is 4.49. The lowest BCUT2D eigenvalue weighted by molar-refractivity contribution is -0.117. The second-order valence-corrected chi connectivity index (χ2v) is 4.91. The zero-order valence-corrected chi connectivity index (χ0v) is 10.9. The summed E-state index contributed by atoms with van der Waals surface area (Å²) in [5, 5.41) is 9.00. The number of anilines is 1. The van der Waals surface area contributed by atoms with Crippen molar-refractivity contribution >= 4 is 40.8 Å². The second-order valence-electron chi connectivity index (χ2n) is 4.20. The van der Waals surface area contributed by atoms with Crippen LogP contribution in [0, 0.1) is 5.92 Å². The van der Waals surface area contributed by atoms with Crippen LogP contribution in [0.25, 0.3) is 0 Å². The van der Waals surface area contributed by atoms with Crippen molar-refractivity contribution in [1.29, 1.82) is 0 Å². The second kappa shape index (κ2) is 5.16. The first-order valence-corrected chi connectivity index (χ1v) is 6.33. The van der Waals surface area contributed by atoms with Crippen LogP contribution in [0.2, 0.25) is 5.02 Å². The average Bonchev–Trinajstić information content (AvgIpc) is 2.70. The summed E-state index contributed by atoms with van der Waals surface area (Å²) in [5.74, 6) is -0.529. The van der Waals surface area contributed by atoms with E-state index in [1.165, 1.54) is 12.1 Å². The fourth-order valence-electron chi connectivity index (χ4n) is 1.98. The molecule has 1 aromatic carbocycles. The fourth-order valence-corrected chi connectivity index (χ4v) is 2.44. The Morgan fingerprint density at radius 3 is 2.72 bits per heavy atom. The minimum Gasteiger partial charge on any atom is -0.478 e. The number of aromatic carboxylic acids is 1. The van der Waals surface area contributed by atoms with E-state index in [9.17, 15) is 9.59 Å². The summed E-state index contributed by atoms with van der Waals surface area (Å²) in [6.07, 6.45) is 0.418. The number of alkyl halides is 1. The van der Waals surface area contributed by atoms with Crippen LogP contribution in [0.3, 0.4) is 0 Å². The highest BCUT2D eigenvalue weighted by atomic mass is 35.5. The summed E-state index contributed by atoms with van der Waals surface area (Å²) >= 11 is 11.6. The Kier molecular flexibility index (Phi) is 3.78. The molecule has 2 rings (SSSR count). The molecule has 1 amide bonds. The first kappa shape index (κ1) is 13.2. The van der Waals surface area contributed by atoms with Gasteiger partial charge in [-0.15, -0.1) is 11.6 Å². The van der Waals surface area contributed by atoms with E-state index in [0.717, 1.165) is 0 Å². The van der Waals surface area contributed by atoms with Crippen LogP contribution in [0.5, 0.6) is 0 Å². The summed E-state index contributed by atoms with van der Waals surface area (Å²) < 4.78 is 0. The molecule has 0 spiro atoms. The number of nitrogens with zero attached hydrogens (tertiary/aromatic N) is 1. The van der Waals surface area contributed by atoms with Gasteiger partial charge in [-0.3, -0.25) is 4.79 Å². The highest BCUT2D eigenvalue weighted by molar-refractivity contribution is 6.33. The monoisotopic (exact) mass is 287 g/mol. The van der Waals surface area contributed by atoms with Crippen LogP contribution in [0.1, 0.15) is 16.8 Å². The number of carbonyl (C=O) groups is 2. The maximum Gasteiger partial charge on any atom is 0.337 e. The fraction of sp³-hybridized carbons (Fsp3) is 0.333. The Morgan fingerprint density at radius 2 is 2.22 bits per heavy atom. The minimum atomic E-state index is -1.09. The molecule has 0 radical (unpaired) electrons. The third-order valence-electron chi connectivity index (χ3n) is 2.92. The van der Waals surface area contributed by atoms with Crippen molar-refractivity contribution < 1.29 is 14.7 Å². The van der Waals surface area contributed by atoms with Crippen molar-refractivity contribution in [3.63, 3.8) is 0 Å². The van der Waals surface area contributed by atoms with Gasteiger partial charge in [0.05, 0.1) is 10.6 Å². The van der Waals surface area contributed by atoms with E-state index in [2.05, 4.69) is 0 Å². The predicted molar refractivity (Wildman–Crippen MR) is 69.6 cm³/mol. The number of carbonyl (C=O) groups excluding carboxylic acids is 1. The molecule has 0 aromatic heterocycles. The van der Waals surface area contributed by atoms with Crippen LogP contribution >= 0.6 is 23.2 Å². The van der Waals surface area contributed by atoms with Gasteiger partial charge in [0.25, 0.3) is 0 Å². The molecule has 1 saturated heterocycles. The quantitative estimate of drug-likeness (QED) is 0.870. The Morgan fingerprint density at radius 1 is 1.50 bits per heavy atom. The molecule has 1 aliphatic heterocycles. The summed E-state index contributed by atoms with van der Waals surface area (Å²) in [4.78, 5) is 24.2. The number of halogens is 2. The molecule has 4 nitrogen and oxygen atoms in total. The molecular formula is C12H11Cl2NO3. The highest BCUT2D eigenvalue weighted by Crippen LogP contribution is 2.29. The van der Waals surface area contributed by atoms with Gasteiger partial charge in [-0.2, -0.15) is 0 Å². The van der Waals surface area contributed by atoms with Gasteiger partial charge < -0.3 is 10.0 Å². The molecular weight excluding hydrogens is 277 g/mol. The number of hydrogen-bond donors (Lipinski definition) is 1. The van der Waals surface area contributed by atoms with Crippen LogP contribution in [0.15, 0.2) is 18.2 Å². The largest absolute Gasteiger partial charge is 0.478 e. The summed E-state index contributed by atoms with van der Waals surface area (Å²) in [5.41, 5.74) is 0.642. The van der Waals surface area contributed by atoms with Gasteiger partial charge in [0.1, 0.15) is 0 Å². The smallest absolute Gasteiger partial charge is 0.337 e. The molecule has 0 aliphatic carbocycles. The number of benzene rings is 1. The topological polar surface area (TPSA) is 57.6 Å². The van der Waals surface area contributed by atoms with Gasteiger partial charge in [0.15, 0.2) is 0 Å². The number of rotatable bonds is 3. The molecule has 6 heteroatoms. The van der Waals surface area contributed by atoms with Crippen molar-refractivity contribution in [2.75, 3.05) is 17.3 Å². The van der Waals surface area contributed by atoms with E-state index in [1.807, 2.05) is 0 Å². The third-order valence-corrected chi connectivity index (χ3v) is 3.67. The Hall–Kier alpha value is -1.26. The number of carboxylic acids is 1. The summed E-state index contributed by atoms with van der Waals surface area (Å²) in [6.45, 7) is 0.547. The van der Waals surface area contributed by atoms with E-state index in [-0.39, 0.29) is 22.4 Å². The van der Waals surface area contributed by atoms with Crippen LogP contribution in [-0.4, -0.2) is 29.4 Å². The van der Waals surface area contributed by atoms with E-state index in [1.54, 1.807) is 11.0 Å². The lowest BCUT2D eigenvalue weighted by Crippen LogP contribution is -2.24. The van der Waals surface area contributed by atoms with Gasteiger partial charge in [-0.25, -0.2) is 4.79 Å². The molecule has 0 bridgehead atoms. The standard InChI is InChI=1S/C12H11Cl2NO3/c13-5-7-3-11(16)15(6-7)8-1-2-9(12(17)18)10(14)4-8/h1-2,4,7H,3,5-6H2,(H,17,18). The normalized spacial score (nSPS) is 19.3. The molecule has 1 N–H and O–H groups in total. The number of carboxylic acid groups (broad SMARTS) is 1. The van der Waals surface area contributed by atoms with Gasteiger partial charge in [-0.05, 0) is 24.1 Å². The first-order valence-electron chi connectivity index (χ1n) is 5.42. The van der Waals surface area contributed by atoms with Crippen molar-refractivity contribution in [2.45, 2.75) is 6.42 Å². The molecule has 1 atom stereocenters. The van der Waals surface area contributed by atoms with Gasteiger partial charge >= 0.3 is 5.97 Å². The van der Waals surface area contributed by atoms with Crippen LogP contribution in [-0.2, 0) is 4.79 Å². The SMILES string of the molecule is O=C(O)c1ccc(N2CC(CCl)CC2=O)cc1Cl. The number of hydrogen-bond acceptors (Lipinski definition) is 2. The van der Waals surface area contributed by atoms with E-state index in [0.29, 0.717) is 24.5 Å². The molecule has 1 fully saturated rings. The zero-order valence-electron chi connectivity index (χ0n) is 9.40. The van der Waals surface area contributed by atoms with E-state index < -0.39 is 5.97 Å². The van der Waals surface area contributed by atoms with Gasteiger partial charge in [-0.1, -0.05) is 11.6 Å². The van der Waals surface area contributed by atoms with Crippen molar-refractivity contribution in [3.8, 4) is 0 Å². The van der Waals surface area contributed by atoms with Crippen molar-refractivity contribution in [3.05, 3.63) is 28.8 Å². The molecule has 1 unspecified atom stereocenters. The molecule has 1 aliphatic rings. The summed E-state index contributed by atoms with van der Waals surface area (Å²) in [7, 11) is 0. The Labute approximate surface area is 114 Å². The predicted octanol–water partition coefficient (Wildman–Crippen LogP) is 2.63. The van der Waals surface area contributed by atoms with Crippen LogP contribution in [0.4, 0.5) is 5.69 Å². The first-order chi connectivity index (χ1) is 8.52. The maximum atomic E-state index is 11.8. The van der Waals surface area contributed by atoms with Gasteiger partial charge in [0.2, 0.25) is 5.91 Å². The van der Waals surface area contributed by atoms with E-state index >= 15 is 0 Å². The van der Waals surface area contributed by atoms with Crippen molar-refractivity contribution in [2.24, 2.45) is 5.92 Å². The molecule has 0 saturated carbocycles. The third kappa shape index (κ3) is 2.44. The highest BCUT2D eigenvalue weighted by Gasteiger charge is 2.30. The number of amides is 1. The van der Waals surface area contributed by atoms with Crippen molar-refractivity contribution in [1.82, 2.24) is 0 Å².